The van der Waals surface area contributed by atoms with Crippen LogP contribution >= 0.6 is 0 Å². The van der Waals surface area contributed by atoms with Crippen LogP contribution in [-0.4, -0.2) is 46.6 Å². The van der Waals surface area contributed by atoms with Crippen molar-refractivity contribution < 1.29 is 22.7 Å². The van der Waals surface area contributed by atoms with Gasteiger partial charge >= 0.3 is 6.18 Å². The molecule has 2 aromatic carbocycles. The molecule has 1 unspecified atom stereocenters. The highest BCUT2D eigenvalue weighted by molar-refractivity contribution is 5.99. The highest BCUT2D eigenvalue weighted by Crippen LogP contribution is 2.35. The zero-order valence-electron chi connectivity index (χ0n) is 19.8. The Morgan fingerprint density at radius 1 is 1.17 bits per heavy atom. The molecule has 1 aliphatic rings. The fraction of sp³-hybridized carbons (Fsp3) is 0.320. The minimum absolute atomic E-state index is 0.184. The van der Waals surface area contributed by atoms with Crippen LogP contribution < -0.4 is 16.0 Å². The Bertz CT molecular complexity index is 1460. The van der Waals surface area contributed by atoms with Crippen molar-refractivity contribution in [2.45, 2.75) is 26.1 Å². The topological polar surface area (TPSA) is 97.8 Å². The quantitative estimate of drug-likeness (QED) is 0.425. The average molecular weight is 499 g/mol. The van der Waals surface area contributed by atoms with Crippen molar-refractivity contribution in [3.63, 3.8) is 0 Å². The van der Waals surface area contributed by atoms with Gasteiger partial charge < -0.3 is 20.7 Å². The van der Waals surface area contributed by atoms with Crippen LogP contribution in [0.1, 0.15) is 40.1 Å². The van der Waals surface area contributed by atoms with Crippen LogP contribution in [0.15, 0.2) is 42.6 Å². The Morgan fingerprint density at radius 3 is 2.58 bits per heavy atom. The van der Waals surface area contributed by atoms with Crippen molar-refractivity contribution >= 4 is 34.1 Å². The summed E-state index contributed by atoms with van der Waals surface area (Å²) in [4.78, 5) is 22.7. The van der Waals surface area contributed by atoms with Crippen LogP contribution in [0.4, 0.5) is 24.8 Å². The predicted octanol–water partition coefficient (Wildman–Crippen LogP) is 4.32. The lowest BCUT2D eigenvalue weighted by Gasteiger charge is -2.29. The third kappa shape index (κ3) is 4.30. The number of para-hydroxylation sites is 1. The molecule has 4 aromatic rings. The van der Waals surface area contributed by atoms with Gasteiger partial charge in [0.15, 0.2) is 5.69 Å². The Hall–Kier alpha value is -3.86. The highest BCUT2D eigenvalue weighted by Gasteiger charge is 2.35. The van der Waals surface area contributed by atoms with Crippen molar-refractivity contribution in [2.75, 3.05) is 36.5 Å². The summed E-state index contributed by atoms with van der Waals surface area (Å²) < 4.78 is 47.8. The smallest absolute Gasteiger partial charge is 0.378 e. The number of amides is 1. The summed E-state index contributed by atoms with van der Waals surface area (Å²) in [5.74, 6) is -0.190. The zero-order valence-corrected chi connectivity index (χ0v) is 19.8. The number of carbonyl (C=O) groups excluding carboxylic acids is 1. The van der Waals surface area contributed by atoms with Gasteiger partial charge in [0, 0.05) is 35.9 Å². The van der Waals surface area contributed by atoms with Crippen LogP contribution in [0.2, 0.25) is 0 Å². The summed E-state index contributed by atoms with van der Waals surface area (Å²) in [5, 5.41) is 3.83. The zero-order chi connectivity index (χ0) is 25.6. The van der Waals surface area contributed by atoms with Crippen molar-refractivity contribution in [3.05, 3.63) is 65.0 Å². The molecule has 1 amide bonds. The molecule has 0 aliphatic carbocycles. The van der Waals surface area contributed by atoms with E-state index in [0.29, 0.717) is 54.4 Å². The molecule has 8 nitrogen and oxygen atoms in total. The molecule has 0 saturated carbocycles. The summed E-state index contributed by atoms with van der Waals surface area (Å²) in [7, 11) is 0. The minimum Gasteiger partial charge on any atom is -0.378 e. The molecule has 2 aromatic heterocycles. The first-order valence-electron chi connectivity index (χ1n) is 11.5. The molecule has 36 heavy (non-hydrogen) atoms. The number of hydrogen-bond donors (Lipinski definition) is 2. The monoisotopic (exact) mass is 498 g/mol. The normalized spacial score (nSPS) is 15.4. The van der Waals surface area contributed by atoms with Gasteiger partial charge in [0.25, 0.3) is 5.91 Å². The van der Waals surface area contributed by atoms with Gasteiger partial charge in [0.05, 0.1) is 30.3 Å². The van der Waals surface area contributed by atoms with E-state index in [1.54, 1.807) is 30.3 Å². The van der Waals surface area contributed by atoms with E-state index >= 15 is 0 Å². The molecule has 3 N–H and O–H groups in total. The predicted molar refractivity (Wildman–Crippen MR) is 130 cm³/mol. The molecular weight excluding hydrogens is 473 g/mol. The number of nitrogens with two attached hydrogens (primary N) is 1. The number of halogens is 3. The molecular formula is C25H25F3N6O2. The van der Waals surface area contributed by atoms with Crippen LogP contribution in [-0.2, 0) is 10.9 Å². The Kier molecular flexibility index (Phi) is 5.95. The third-order valence-corrected chi connectivity index (χ3v) is 6.27. The summed E-state index contributed by atoms with van der Waals surface area (Å²) in [6, 6.07) is 10.3. The lowest BCUT2D eigenvalue weighted by molar-refractivity contribution is -0.140. The number of anilines is 2. The van der Waals surface area contributed by atoms with E-state index in [1.807, 2.05) is 24.8 Å². The van der Waals surface area contributed by atoms with Gasteiger partial charge in [-0.05, 0) is 37.6 Å². The largest absolute Gasteiger partial charge is 0.434 e. The molecule has 5 rings (SSSR count). The van der Waals surface area contributed by atoms with Gasteiger partial charge in [-0.15, -0.1) is 0 Å². The Balaban J connectivity index is 1.71. The van der Waals surface area contributed by atoms with E-state index in [4.69, 9.17) is 15.5 Å². The lowest BCUT2D eigenvalue weighted by Crippen LogP contribution is -2.38. The first-order chi connectivity index (χ1) is 17.1. The number of fused-ring (bicyclic) bond motifs is 3. The summed E-state index contributed by atoms with van der Waals surface area (Å²) in [6.07, 6.45) is -3.60. The summed E-state index contributed by atoms with van der Waals surface area (Å²) in [5.41, 5.74) is 7.78. The minimum atomic E-state index is -4.60. The molecule has 0 bridgehead atoms. The fourth-order valence-corrected chi connectivity index (χ4v) is 4.57. The first kappa shape index (κ1) is 23.9. The number of carbonyl (C=O) groups is 1. The van der Waals surface area contributed by atoms with Gasteiger partial charge in [0.1, 0.15) is 5.65 Å². The highest BCUT2D eigenvalue weighted by atomic mass is 19.4. The van der Waals surface area contributed by atoms with E-state index in [1.165, 1.54) is 4.40 Å². The lowest BCUT2D eigenvalue weighted by atomic mass is 10.0. The SMILES string of the molecule is Cc1cc(C(C)Nc2ccccc2C(N)=O)c2nc(N3CCOCC3)n3cc(C(F)(F)F)nc3c2c1. The van der Waals surface area contributed by atoms with Gasteiger partial charge in [-0.3, -0.25) is 9.20 Å². The number of primary amides is 1. The van der Waals surface area contributed by atoms with E-state index in [-0.39, 0.29) is 11.7 Å². The summed E-state index contributed by atoms with van der Waals surface area (Å²) in [6.45, 7) is 5.66. The summed E-state index contributed by atoms with van der Waals surface area (Å²) >= 11 is 0. The van der Waals surface area contributed by atoms with Crippen LogP contribution in [0, 0.1) is 6.92 Å². The van der Waals surface area contributed by atoms with Gasteiger partial charge in [0.2, 0.25) is 5.95 Å². The van der Waals surface area contributed by atoms with Crippen molar-refractivity contribution in [1.29, 1.82) is 0 Å². The van der Waals surface area contributed by atoms with Crippen molar-refractivity contribution in [3.8, 4) is 0 Å². The van der Waals surface area contributed by atoms with Gasteiger partial charge in [-0.25, -0.2) is 9.97 Å². The first-order valence-corrected chi connectivity index (χ1v) is 11.5. The molecule has 3 heterocycles. The van der Waals surface area contributed by atoms with E-state index in [9.17, 15) is 18.0 Å². The van der Waals surface area contributed by atoms with Crippen LogP contribution in [0.3, 0.4) is 0 Å². The molecule has 188 valence electrons. The maximum atomic E-state index is 13.7. The number of hydrogen-bond acceptors (Lipinski definition) is 6. The standard InChI is InChI=1S/C25H25F3N6O2/c1-14-11-17(15(2)30-19-6-4-3-5-16(19)22(29)35)21-18(12-14)23-31-20(25(26,27)28)13-34(23)24(32-21)33-7-9-36-10-8-33/h3-6,11-13,15,30H,7-10H2,1-2H3,(H2,29,35). The maximum absolute atomic E-state index is 13.7. The number of imidazole rings is 1. The number of rotatable bonds is 5. The van der Waals surface area contributed by atoms with Gasteiger partial charge in [-0.2, -0.15) is 13.2 Å². The van der Waals surface area contributed by atoms with Crippen LogP contribution in [0.25, 0.3) is 16.6 Å². The molecule has 1 fully saturated rings. The maximum Gasteiger partial charge on any atom is 0.434 e. The second kappa shape index (κ2) is 8.98. The number of alkyl halides is 3. The van der Waals surface area contributed by atoms with Crippen molar-refractivity contribution in [2.24, 2.45) is 5.73 Å². The number of aryl methyl sites for hydroxylation is 1. The van der Waals surface area contributed by atoms with Crippen LogP contribution in [0.5, 0.6) is 0 Å². The van der Waals surface area contributed by atoms with Crippen molar-refractivity contribution in [1.82, 2.24) is 14.4 Å². The number of aromatic nitrogens is 3. The molecule has 0 radical (unpaired) electrons. The number of benzene rings is 2. The fourth-order valence-electron chi connectivity index (χ4n) is 4.57. The molecule has 0 spiro atoms. The molecule has 1 aliphatic heterocycles. The Morgan fingerprint density at radius 2 is 1.89 bits per heavy atom. The molecule has 1 saturated heterocycles. The number of morpholine rings is 1. The average Bonchev–Trinajstić information content (AvgIpc) is 3.30. The third-order valence-electron chi connectivity index (χ3n) is 6.27. The molecule has 11 heteroatoms. The second-order valence-electron chi connectivity index (χ2n) is 8.85. The van der Waals surface area contributed by atoms with E-state index in [2.05, 4.69) is 10.3 Å². The van der Waals surface area contributed by atoms with E-state index < -0.39 is 17.8 Å². The number of nitrogens with zero attached hydrogens (tertiary/aromatic N) is 4. The Labute approximate surface area is 204 Å². The number of nitrogens with one attached hydrogen (secondary N) is 1. The number of ether oxygens (including phenoxy) is 1. The van der Waals surface area contributed by atoms with E-state index in [0.717, 1.165) is 17.3 Å². The second-order valence-corrected chi connectivity index (χ2v) is 8.85. The molecule has 1 atom stereocenters. The van der Waals surface area contributed by atoms with Gasteiger partial charge in [-0.1, -0.05) is 18.2 Å².